The lowest BCUT2D eigenvalue weighted by atomic mass is 10.0. The molecule has 0 amide bonds. The Morgan fingerprint density at radius 3 is 1.70 bits per heavy atom. The lowest BCUT2D eigenvalue weighted by Crippen LogP contribution is -2.05. The molecule has 0 saturated heterocycles. The van der Waals surface area contributed by atoms with Gasteiger partial charge in [0.25, 0.3) is 0 Å². The van der Waals surface area contributed by atoms with E-state index in [4.69, 9.17) is 19.4 Å². The molecule has 14 rings (SSSR count). The Morgan fingerprint density at radius 1 is 0.313 bits per heavy atom. The van der Waals surface area contributed by atoms with Crippen LogP contribution in [0.15, 0.2) is 229 Å². The van der Waals surface area contributed by atoms with Crippen molar-refractivity contribution in [3.8, 4) is 56.7 Å². The van der Waals surface area contributed by atoms with Crippen LogP contribution in [0.25, 0.3) is 133 Å². The maximum Gasteiger partial charge on any atom is 0.166 e. The third-order valence-corrected chi connectivity index (χ3v) is 13.3. The van der Waals surface area contributed by atoms with Crippen LogP contribution >= 0.6 is 0 Å². The van der Waals surface area contributed by atoms with Gasteiger partial charge in [-0.2, -0.15) is 0 Å². The number of hydrogen-bond acceptors (Lipinski definition) is 4. The fourth-order valence-corrected chi connectivity index (χ4v) is 10.3. The van der Waals surface area contributed by atoms with E-state index < -0.39 is 0 Å². The molecule has 14 aromatic rings. The van der Waals surface area contributed by atoms with E-state index in [9.17, 15) is 0 Å². The van der Waals surface area contributed by atoms with Gasteiger partial charge in [0, 0.05) is 60.8 Å². The summed E-state index contributed by atoms with van der Waals surface area (Å²) >= 11 is 0. The Hall–Kier alpha value is -9.13. The van der Waals surface area contributed by atoms with Crippen molar-refractivity contribution in [1.29, 1.82) is 0 Å². The molecule has 0 bridgehead atoms. The number of para-hydroxylation sites is 5. The Bertz CT molecular complexity index is 4280. The largest absolute Gasteiger partial charge is 0.456 e. The Morgan fingerprint density at radius 2 is 0.896 bits per heavy atom. The average molecular weight is 856 g/mol. The highest BCUT2D eigenvalue weighted by molar-refractivity contribution is 6.16. The fourth-order valence-electron chi connectivity index (χ4n) is 10.3. The van der Waals surface area contributed by atoms with E-state index in [1.54, 1.807) is 0 Å². The molecule has 67 heavy (non-hydrogen) atoms. The standard InChI is InChI=1S/C61H37N5O/c1-3-17-38(18-4-1)39-21-15-22-42(33-39)59-62-60(48-29-16-28-47-44-25-9-12-30-52(44)65(58(47)48)43-23-5-2-6-24-43)64-61(63-59)51-36-50-46-27-11-14-32-56(46)67-57(50)37-55(51)66-53-31-13-10-26-45(53)49-34-40-19-7-8-20-41(40)35-54(49)66/h1-37H. The molecule has 0 atom stereocenters. The highest BCUT2D eigenvalue weighted by atomic mass is 16.3. The normalized spacial score (nSPS) is 11.9. The van der Waals surface area contributed by atoms with Crippen molar-refractivity contribution >= 4 is 76.3 Å². The maximum absolute atomic E-state index is 6.68. The van der Waals surface area contributed by atoms with Crippen LogP contribution in [0.3, 0.4) is 0 Å². The Labute approximate surface area is 384 Å². The number of fused-ring (bicyclic) bond motifs is 10. The van der Waals surface area contributed by atoms with Gasteiger partial charge in [0.15, 0.2) is 17.5 Å². The summed E-state index contributed by atoms with van der Waals surface area (Å²) in [5.41, 5.74) is 12.7. The zero-order valence-corrected chi connectivity index (χ0v) is 36.0. The minimum atomic E-state index is 0.554. The molecule has 312 valence electrons. The minimum absolute atomic E-state index is 0.554. The van der Waals surface area contributed by atoms with Crippen LogP contribution < -0.4 is 0 Å². The summed E-state index contributed by atoms with van der Waals surface area (Å²) in [6, 6.07) is 79.1. The first-order valence-corrected chi connectivity index (χ1v) is 22.6. The van der Waals surface area contributed by atoms with E-state index in [-0.39, 0.29) is 0 Å². The summed E-state index contributed by atoms with van der Waals surface area (Å²) < 4.78 is 11.4. The molecule has 0 N–H and O–H groups in total. The third-order valence-electron chi connectivity index (χ3n) is 13.3. The van der Waals surface area contributed by atoms with Gasteiger partial charge in [-0.15, -0.1) is 0 Å². The van der Waals surface area contributed by atoms with E-state index in [2.05, 4.69) is 215 Å². The predicted octanol–water partition coefficient (Wildman–Crippen LogP) is 15.8. The number of nitrogens with zero attached hydrogens (tertiary/aromatic N) is 5. The van der Waals surface area contributed by atoms with Gasteiger partial charge in [-0.05, 0) is 82.6 Å². The summed E-state index contributed by atoms with van der Waals surface area (Å²) in [5, 5.41) is 8.98. The second kappa shape index (κ2) is 14.7. The molecule has 0 fully saturated rings. The second-order valence-corrected chi connectivity index (χ2v) is 17.2. The second-order valence-electron chi connectivity index (χ2n) is 17.2. The van der Waals surface area contributed by atoms with E-state index in [1.807, 2.05) is 18.2 Å². The average Bonchev–Trinajstić information content (AvgIpc) is 4.05. The lowest BCUT2D eigenvalue weighted by Gasteiger charge is -2.16. The van der Waals surface area contributed by atoms with Crippen LogP contribution in [-0.4, -0.2) is 24.1 Å². The number of benzene rings is 10. The van der Waals surface area contributed by atoms with Gasteiger partial charge >= 0.3 is 0 Å². The van der Waals surface area contributed by atoms with Crippen LogP contribution in [0, 0.1) is 0 Å². The van der Waals surface area contributed by atoms with Crippen LogP contribution in [0.5, 0.6) is 0 Å². The van der Waals surface area contributed by atoms with Gasteiger partial charge in [0.1, 0.15) is 11.2 Å². The Kier molecular flexibility index (Phi) is 8.18. The van der Waals surface area contributed by atoms with Crippen molar-refractivity contribution < 1.29 is 4.42 Å². The molecular weight excluding hydrogens is 819 g/mol. The minimum Gasteiger partial charge on any atom is -0.456 e. The molecule has 0 radical (unpaired) electrons. The molecule has 4 aromatic heterocycles. The van der Waals surface area contributed by atoms with Crippen LogP contribution in [0.4, 0.5) is 0 Å². The number of hydrogen-bond donors (Lipinski definition) is 0. The van der Waals surface area contributed by atoms with Crippen molar-refractivity contribution in [1.82, 2.24) is 24.1 Å². The van der Waals surface area contributed by atoms with Gasteiger partial charge < -0.3 is 13.6 Å². The maximum atomic E-state index is 6.68. The lowest BCUT2D eigenvalue weighted by molar-refractivity contribution is 0.668. The molecule has 0 aliphatic heterocycles. The molecule has 0 spiro atoms. The van der Waals surface area contributed by atoms with Gasteiger partial charge in [-0.1, -0.05) is 158 Å². The number of aromatic nitrogens is 5. The fraction of sp³-hybridized carbons (Fsp3) is 0. The molecular formula is C61H37N5O. The first kappa shape index (κ1) is 37.3. The van der Waals surface area contributed by atoms with E-state index in [0.29, 0.717) is 17.5 Å². The third kappa shape index (κ3) is 5.86. The zero-order chi connectivity index (χ0) is 44.0. The van der Waals surface area contributed by atoms with Crippen LogP contribution in [0.1, 0.15) is 0 Å². The van der Waals surface area contributed by atoms with Crippen molar-refractivity contribution in [3.05, 3.63) is 224 Å². The molecule has 0 unspecified atom stereocenters. The van der Waals surface area contributed by atoms with E-state index in [1.165, 1.54) is 10.8 Å². The monoisotopic (exact) mass is 855 g/mol. The van der Waals surface area contributed by atoms with Gasteiger partial charge in [0.2, 0.25) is 0 Å². The molecule has 6 heteroatoms. The van der Waals surface area contributed by atoms with E-state index in [0.717, 1.165) is 105 Å². The predicted molar refractivity (Wildman–Crippen MR) is 275 cm³/mol. The molecule has 6 nitrogen and oxygen atoms in total. The van der Waals surface area contributed by atoms with Gasteiger partial charge in [-0.3, -0.25) is 0 Å². The smallest absolute Gasteiger partial charge is 0.166 e. The summed E-state index contributed by atoms with van der Waals surface area (Å²) in [6.45, 7) is 0. The van der Waals surface area contributed by atoms with Crippen molar-refractivity contribution in [2.45, 2.75) is 0 Å². The topological polar surface area (TPSA) is 61.7 Å². The summed E-state index contributed by atoms with van der Waals surface area (Å²) in [4.78, 5) is 16.6. The number of furan rings is 1. The van der Waals surface area contributed by atoms with Crippen LogP contribution in [0.2, 0.25) is 0 Å². The quantitative estimate of drug-likeness (QED) is 0.167. The highest BCUT2D eigenvalue weighted by Crippen LogP contribution is 2.43. The molecule has 4 heterocycles. The molecule has 0 saturated carbocycles. The first-order chi connectivity index (χ1) is 33.2. The van der Waals surface area contributed by atoms with E-state index >= 15 is 0 Å². The summed E-state index contributed by atoms with van der Waals surface area (Å²) in [6.07, 6.45) is 0. The number of rotatable bonds is 6. The molecule has 10 aromatic carbocycles. The summed E-state index contributed by atoms with van der Waals surface area (Å²) in [5.74, 6) is 1.71. The van der Waals surface area contributed by atoms with Crippen molar-refractivity contribution in [2.24, 2.45) is 0 Å². The molecule has 0 aliphatic rings. The van der Waals surface area contributed by atoms with Gasteiger partial charge in [0.05, 0.1) is 27.8 Å². The highest BCUT2D eigenvalue weighted by Gasteiger charge is 2.24. The van der Waals surface area contributed by atoms with Crippen LogP contribution in [-0.2, 0) is 0 Å². The van der Waals surface area contributed by atoms with Crippen molar-refractivity contribution in [2.75, 3.05) is 0 Å². The summed E-state index contributed by atoms with van der Waals surface area (Å²) in [7, 11) is 0. The molecule has 0 aliphatic carbocycles. The zero-order valence-electron chi connectivity index (χ0n) is 36.0. The van der Waals surface area contributed by atoms with Crippen molar-refractivity contribution in [3.63, 3.8) is 0 Å². The Balaban J connectivity index is 1.11. The van der Waals surface area contributed by atoms with Gasteiger partial charge in [-0.25, -0.2) is 15.0 Å². The SMILES string of the molecule is c1ccc(-c2cccc(-c3nc(-c4cc5c(cc4-n4c6ccccc6c6cc7ccccc7cc64)oc4ccccc45)nc(-c4cccc5c6ccccc6n(-c6ccccc6)c45)n3)c2)cc1. The first-order valence-electron chi connectivity index (χ1n) is 22.6.